The van der Waals surface area contributed by atoms with Crippen LogP contribution in [0.2, 0.25) is 0 Å². The van der Waals surface area contributed by atoms with Crippen molar-refractivity contribution in [3.63, 3.8) is 0 Å². The third-order valence-electron chi connectivity index (χ3n) is 12.4. The highest BCUT2D eigenvalue weighted by molar-refractivity contribution is 5.68. The molecule has 0 aromatic carbocycles. The summed E-state index contributed by atoms with van der Waals surface area (Å²) in [4.78, 5) is 14.3. The molecule has 36 heavy (non-hydrogen) atoms. The van der Waals surface area contributed by atoms with E-state index in [0.717, 1.165) is 25.8 Å². The molecule has 5 rings (SSSR count). The van der Waals surface area contributed by atoms with Crippen LogP contribution in [0.25, 0.3) is 0 Å². The number of esters is 1. The number of carbonyl (C=O) groups is 1. The summed E-state index contributed by atoms with van der Waals surface area (Å²) in [6.45, 7) is 10.0. The first-order chi connectivity index (χ1) is 17.3. The molecule has 5 aliphatic rings. The number of ether oxygens (including phenoxy) is 1. The number of hydrogen-bond acceptors (Lipinski definition) is 5. The zero-order valence-corrected chi connectivity index (χ0v) is 23.5. The van der Waals surface area contributed by atoms with E-state index >= 15 is 0 Å². The second-order valence-electron chi connectivity index (χ2n) is 13.9. The highest BCUT2D eigenvalue weighted by Gasteiger charge is 2.62. The van der Waals surface area contributed by atoms with E-state index in [1.54, 1.807) is 0 Å². The van der Waals surface area contributed by atoms with Crippen LogP contribution < -0.4 is 5.32 Å². The minimum atomic E-state index is -0.126. The Labute approximate surface area is 220 Å². The van der Waals surface area contributed by atoms with Crippen molar-refractivity contribution in [3.8, 4) is 0 Å². The Kier molecular flexibility index (Phi) is 8.40. The molecular weight excluding hydrogens is 448 g/mol. The van der Waals surface area contributed by atoms with Crippen LogP contribution in [0.3, 0.4) is 0 Å². The Morgan fingerprint density at radius 3 is 2.53 bits per heavy atom. The molecular formula is C31H54N2O3. The van der Waals surface area contributed by atoms with Crippen molar-refractivity contribution < 1.29 is 14.6 Å². The van der Waals surface area contributed by atoms with Crippen molar-refractivity contribution >= 4 is 5.97 Å². The second kappa shape index (κ2) is 11.2. The molecule has 0 radical (unpaired) electrons. The van der Waals surface area contributed by atoms with E-state index in [4.69, 9.17) is 4.74 Å². The quantitative estimate of drug-likeness (QED) is 0.435. The summed E-state index contributed by atoms with van der Waals surface area (Å²) in [6, 6.07) is 0.635. The fraction of sp³-hybridized carbons (Fsp3) is 0.968. The van der Waals surface area contributed by atoms with Gasteiger partial charge < -0.3 is 20.1 Å². The number of rotatable bonds is 8. The van der Waals surface area contributed by atoms with Gasteiger partial charge in [-0.2, -0.15) is 0 Å². The third kappa shape index (κ3) is 5.15. The van der Waals surface area contributed by atoms with Gasteiger partial charge in [0.2, 0.25) is 0 Å². The maximum Gasteiger partial charge on any atom is 0.305 e. The molecule has 0 aromatic rings. The Hall–Kier alpha value is -0.650. The number of nitrogens with zero attached hydrogens (tertiary/aromatic N) is 1. The number of hydrogen-bond donors (Lipinski definition) is 2. The van der Waals surface area contributed by atoms with E-state index in [1.807, 2.05) is 0 Å². The van der Waals surface area contributed by atoms with Gasteiger partial charge in [-0.25, -0.2) is 0 Å². The molecule has 1 heterocycles. The second-order valence-corrected chi connectivity index (χ2v) is 13.9. The lowest BCUT2D eigenvalue weighted by molar-refractivity contribution is -0.165. The van der Waals surface area contributed by atoms with Gasteiger partial charge in [0.05, 0.1) is 13.2 Å². The average Bonchev–Trinajstić information content (AvgIpc) is 3.21. The normalized spacial score (nSPS) is 44.9. The van der Waals surface area contributed by atoms with Crippen LogP contribution in [0, 0.1) is 40.4 Å². The average molecular weight is 503 g/mol. The summed E-state index contributed by atoms with van der Waals surface area (Å²) in [6.07, 6.45) is 16.7. The molecule has 3 unspecified atom stereocenters. The van der Waals surface area contributed by atoms with Gasteiger partial charge in [0.25, 0.3) is 0 Å². The largest absolute Gasteiger partial charge is 0.469 e. The molecule has 4 saturated carbocycles. The van der Waals surface area contributed by atoms with Gasteiger partial charge in [-0.1, -0.05) is 20.3 Å². The number of aliphatic hydroxyl groups excluding tert-OH is 1. The summed E-state index contributed by atoms with van der Waals surface area (Å²) in [7, 11) is 1.49. The highest BCUT2D eigenvalue weighted by Crippen LogP contribution is 2.67. The van der Waals surface area contributed by atoms with Crippen molar-refractivity contribution in [1.29, 1.82) is 0 Å². The van der Waals surface area contributed by atoms with E-state index in [9.17, 15) is 9.90 Å². The van der Waals surface area contributed by atoms with Crippen LogP contribution in [-0.2, 0) is 9.53 Å². The predicted molar refractivity (Wildman–Crippen MR) is 145 cm³/mol. The van der Waals surface area contributed by atoms with Gasteiger partial charge in [-0.15, -0.1) is 0 Å². The van der Waals surface area contributed by atoms with E-state index < -0.39 is 0 Å². The molecule has 5 nitrogen and oxygen atoms in total. The number of fused-ring (bicyclic) bond motifs is 5. The van der Waals surface area contributed by atoms with Crippen LogP contribution in [0.15, 0.2) is 0 Å². The molecule has 1 aliphatic heterocycles. The summed E-state index contributed by atoms with van der Waals surface area (Å²) in [5.74, 6) is 3.12. The first-order valence-corrected chi connectivity index (χ1v) is 15.6. The molecule has 0 bridgehead atoms. The maximum atomic E-state index is 11.6. The fourth-order valence-corrected chi connectivity index (χ4v) is 10.2. The molecule has 0 spiro atoms. The summed E-state index contributed by atoms with van der Waals surface area (Å²) < 4.78 is 4.87. The Bertz CT molecular complexity index is 754. The third-order valence-corrected chi connectivity index (χ3v) is 12.4. The molecule has 9 atom stereocenters. The number of nitrogens with one attached hydrogen (secondary N) is 1. The number of piperidine rings is 1. The smallest absolute Gasteiger partial charge is 0.305 e. The SMILES string of the molecule is COC(=O)CCC[C@H]1CCC2C3C(CC[C@@]21C)[C@@]1(C)CC[C@H](NCCN2CCCCC2)C[C@@H]1C[C@H]3O. The zero-order valence-electron chi connectivity index (χ0n) is 23.5. The van der Waals surface area contributed by atoms with Crippen LogP contribution in [0.5, 0.6) is 0 Å². The lowest BCUT2D eigenvalue weighted by Gasteiger charge is -2.62. The first-order valence-electron chi connectivity index (χ1n) is 15.6. The number of likely N-dealkylation sites (tertiary alicyclic amines) is 1. The number of carbonyl (C=O) groups excluding carboxylic acids is 1. The van der Waals surface area contributed by atoms with Crippen molar-refractivity contribution in [3.05, 3.63) is 0 Å². The standard InChI is InChI=1S/C31H54N2O3/c1-30-15-13-26-29(25(30)11-10-22(30)8-7-9-28(35)36-3)27(34)21-23-20-24(12-14-31(23,26)2)32-16-19-33-17-5-4-6-18-33/h22-27,29,32,34H,4-21H2,1-3H3/t22-,23+,24-,25?,26?,27+,29?,30+,31-/m0/s1. The summed E-state index contributed by atoms with van der Waals surface area (Å²) in [5.41, 5.74) is 0.744. The van der Waals surface area contributed by atoms with E-state index in [1.165, 1.54) is 91.0 Å². The minimum Gasteiger partial charge on any atom is -0.469 e. The predicted octanol–water partition coefficient (Wildman–Crippen LogP) is 5.40. The van der Waals surface area contributed by atoms with Gasteiger partial charge in [-0.05, 0) is 131 Å². The zero-order chi connectivity index (χ0) is 25.3. The Morgan fingerprint density at radius 2 is 1.75 bits per heavy atom. The molecule has 0 amide bonds. The number of aliphatic hydroxyl groups is 1. The van der Waals surface area contributed by atoms with Crippen molar-refractivity contribution in [2.24, 2.45) is 40.4 Å². The lowest BCUT2D eigenvalue weighted by Crippen LogP contribution is -2.59. The molecule has 5 fully saturated rings. The van der Waals surface area contributed by atoms with E-state index in [-0.39, 0.29) is 12.1 Å². The molecule has 2 N–H and O–H groups in total. The van der Waals surface area contributed by atoms with Crippen molar-refractivity contribution in [1.82, 2.24) is 10.2 Å². The molecule has 4 aliphatic carbocycles. The Balaban J connectivity index is 1.18. The highest BCUT2D eigenvalue weighted by atomic mass is 16.5. The molecule has 206 valence electrons. The van der Waals surface area contributed by atoms with Gasteiger partial charge in [0, 0.05) is 25.6 Å². The maximum absolute atomic E-state index is 11.6. The van der Waals surface area contributed by atoms with E-state index in [0.29, 0.717) is 52.9 Å². The first kappa shape index (κ1) is 26.9. The summed E-state index contributed by atoms with van der Waals surface area (Å²) >= 11 is 0. The van der Waals surface area contributed by atoms with Crippen LogP contribution >= 0.6 is 0 Å². The molecule has 0 aromatic heterocycles. The van der Waals surface area contributed by atoms with Crippen LogP contribution in [0.4, 0.5) is 0 Å². The van der Waals surface area contributed by atoms with Crippen molar-refractivity contribution in [2.75, 3.05) is 33.3 Å². The van der Waals surface area contributed by atoms with Crippen molar-refractivity contribution in [2.45, 2.75) is 116 Å². The van der Waals surface area contributed by atoms with E-state index in [2.05, 4.69) is 24.1 Å². The van der Waals surface area contributed by atoms with Crippen LogP contribution in [-0.4, -0.2) is 61.4 Å². The molecule has 1 saturated heterocycles. The monoisotopic (exact) mass is 502 g/mol. The topological polar surface area (TPSA) is 61.8 Å². The summed E-state index contributed by atoms with van der Waals surface area (Å²) in [5, 5.41) is 15.6. The Morgan fingerprint density at radius 1 is 1.00 bits per heavy atom. The minimum absolute atomic E-state index is 0.0725. The molecule has 5 heteroatoms. The van der Waals surface area contributed by atoms with Gasteiger partial charge in [-0.3, -0.25) is 4.79 Å². The van der Waals surface area contributed by atoms with Gasteiger partial charge in [0.15, 0.2) is 0 Å². The number of methoxy groups -OCH3 is 1. The fourth-order valence-electron chi connectivity index (χ4n) is 10.2. The van der Waals surface area contributed by atoms with Crippen LogP contribution in [0.1, 0.15) is 104 Å². The van der Waals surface area contributed by atoms with Gasteiger partial charge >= 0.3 is 5.97 Å². The lowest BCUT2D eigenvalue weighted by atomic mass is 9.44. The van der Waals surface area contributed by atoms with Gasteiger partial charge in [0.1, 0.15) is 0 Å².